The molecule has 0 radical (unpaired) electrons. The molecule has 0 saturated heterocycles. The van der Waals surface area contributed by atoms with Crippen molar-refractivity contribution >= 4 is 17.2 Å². The van der Waals surface area contributed by atoms with Gasteiger partial charge in [-0.1, -0.05) is 29.5 Å². The fraction of sp³-hybridized carbons (Fsp3) is 0.444. The quantitative estimate of drug-likeness (QED) is 0.835. The van der Waals surface area contributed by atoms with Gasteiger partial charge in [0.05, 0.1) is 12.1 Å². The van der Waals surface area contributed by atoms with Crippen LogP contribution in [0.15, 0.2) is 34.4 Å². The zero-order chi connectivity index (χ0) is 17.7. The van der Waals surface area contributed by atoms with E-state index in [-0.39, 0.29) is 29.3 Å². The highest BCUT2D eigenvalue weighted by atomic mass is 32.1. The highest BCUT2D eigenvalue weighted by molar-refractivity contribution is 7.07. The molecule has 2 rings (SSSR count). The summed E-state index contributed by atoms with van der Waals surface area (Å²) in [5, 5.41) is 4.79. The summed E-state index contributed by atoms with van der Waals surface area (Å²) in [4.78, 5) is 23.9. The van der Waals surface area contributed by atoms with E-state index in [1.165, 1.54) is 0 Å². The molecule has 6 heteroatoms. The molecule has 0 unspecified atom stereocenters. The molecule has 1 aromatic carbocycles. The number of thiazole rings is 1. The molecule has 0 aliphatic heterocycles. The van der Waals surface area contributed by atoms with Crippen LogP contribution in [0, 0.1) is 6.92 Å². The van der Waals surface area contributed by atoms with Crippen LogP contribution in [0.5, 0.6) is 5.75 Å². The van der Waals surface area contributed by atoms with Crippen LogP contribution in [-0.4, -0.2) is 16.6 Å². The van der Waals surface area contributed by atoms with E-state index in [1.54, 1.807) is 4.57 Å². The van der Waals surface area contributed by atoms with Gasteiger partial charge in [0, 0.05) is 29.6 Å². The zero-order valence-electron chi connectivity index (χ0n) is 14.5. The van der Waals surface area contributed by atoms with Crippen LogP contribution in [0.3, 0.4) is 0 Å². The van der Waals surface area contributed by atoms with Crippen molar-refractivity contribution < 1.29 is 9.53 Å². The Morgan fingerprint density at radius 2 is 2.00 bits per heavy atom. The van der Waals surface area contributed by atoms with Crippen LogP contribution in [-0.2, 0) is 11.3 Å². The summed E-state index contributed by atoms with van der Waals surface area (Å²) in [6.45, 7) is 8.15. The standard InChI is InChI=1S/C18H24N2O3S/c1-12(2)23-16-8-6-5-7-15(16)14(4)19-17(21)9-10-20-13(3)11-24-18(20)22/h5-8,11-12,14H,9-10H2,1-4H3,(H,19,21)/t14-/m0/s1. The average molecular weight is 348 g/mol. The molecular formula is C18H24N2O3S. The number of carbonyl (C=O) groups is 1. The third kappa shape index (κ3) is 4.71. The molecule has 1 aromatic heterocycles. The van der Waals surface area contributed by atoms with Gasteiger partial charge in [-0.25, -0.2) is 0 Å². The molecule has 0 aliphatic rings. The third-order valence-electron chi connectivity index (χ3n) is 3.66. The average Bonchev–Trinajstić information content (AvgIpc) is 2.83. The summed E-state index contributed by atoms with van der Waals surface area (Å²) in [5.41, 5.74) is 1.84. The Bertz CT molecular complexity index is 749. The van der Waals surface area contributed by atoms with Crippen molar-refractivity contribution in [2.45, 2.75) is 52.8 Å². The number of carbonyl (C=O) groups excluding carboxylic acids is 1. The topological polar surface area (TPSA) is 60.3 Å². The van der Waals surface area contributed by atoms with Gasteiger partial charge in [-0.05, 0) is 33.8 Å². The lowest BCUT2D eigenvalue weighted by Gasteiger charge is -2.20. The van der Waals surface area contributed by atoms with Crippen LogP contribution in [0.4, 0.5) is 0 Å². The first kappa shape index (κ1) is 18.3. The zero-order valence-corrected chi connectivity index (χ0v) is 15.4. The summed E-state index contributed by atoms with van der Waals surface area (Å²) in [6.07, 6.45) is 0.345. The van der Waals surface area contributed by atoms with Crippen LogP contribution in [0.25, 0.3) is 0 Å². The molecule has 1 N–H and O–H groups in total. The maximum absolute atomic E-state index is 12.2. The van der Waals surface area contributed by atoms with Crippen molar-refractivity contribution in [2.75, 3.05) is 0 Å². The maximum Gasteiger partial charge on any atom is 0.307 e. The number of nitrogens with zero attached hydrogens (tertiary/aromatic N) is 1. The second-order valence-electron chi connectivity index (χ2n) is 6.04. The lowest BCUT2D eigenvalue weighted by Crippen LogP contribution is -2.29. The molecular weight excluding hydrogens is 324 g/mol. The van der Waals surface area contributed by atoms with E-state index in [1.807, 2.05) is 57.3 Å². The first-order chi connectivity index (χ1) is 11.4. The molecule has 2 aromatic rings. The number of aryl methyl sites for hydroxylation is 1. The van der Waals surface area contributed by atoms with E-state index in [0.717, 1.165) is 28.3 Å². The lowest BCUT2D eigenvalue weighted by molar-refractivity contribution is -0.121. The molecule has 0 saturated carbocycles. The summed E-state index contributed by atoms with van der Waals surface area (Å²) < 4.78 is 7.43. The van der Waals surface area contributed by atoms with Crippen molar-refractivity contribution in [2.24, 2.45) is 0 Å². The Labute approximate surface area is 146 Å². The number of nitrogens with one attached hydrogen (secondary N) is 1. The Morgan fingerprint density at radius 1 is 1.29 bits per heavy atom. The van der Waals surface area contributed by atoms with E-state index in [9.17, 15) is 9.59 Å². The smallest absolute Gasteiger partial charge is 0.307 e. The first-order valence-corrected chi connectivity index (χ1v) is 8.96. The van der Waals surface area contributed by atoms with Gasteiger partial charge in [0.15, 0.2) is 0 Å². The number of para-hydroxylation sites is 1. The summed E-state index contributed by atoms with van der Waals surface area (Å²) in [5.74, 6) is 0.699. The Kier molecular flexibility index (Phi) is 6.20. The van der Waals surface area contributed by atoms with Crippen molar-refractivity contribution in [3.05, 3.63) is 50.6 Å². The fourth-order valence-electron chi connectivity index (χ4n) is 2.48. The maximum atomic E-state index is 12.2. The minimum atomic E-state index is -0.159. The largest absolute Gasteiger partial charge is 0.491 e. The fourth-order valence-corrected chi connectivity index (χ4v) is 3.24. The number of amides is 1. The molecule has 0 spiro atoms. The number of ether oxygens (including phenoxy) is 1. The predicted molar refractivity (Wildman–Crippen MR) is 96.7 cm³/mol. The van der Waals surface area contributed by atoms with Gasteiger partial charge in [-0.2, -0.15) is 0 Å². The second-order valence-corrected chi connectivity index (χ2v) is 6.86. The Morgan fingerprint density at radius 3 is 2.62 bits per heavy atom. The van der Waals surface area contributed by atoms with E-state index < -0.39 is 0 Å². The van der Waals surface area contributed by atoms with Crippen molar-refractivity contribution in [3.8, 4) is 5.75 Å². The number of hydrogen-bond donors (Lipinski definition) is 1. The first-order valence-electron chi connectivity index (χ1n) is 8.08. The van der Waals surface area contributed by atoms with Gasteiger partial charge in [-0.3, -0.25) is 9.59 Å². The summed E-state index contributed by atoms with van der Waals surface area (Å²) in [6, 6.07) is 7.55. The van der Waals surface area contributed by atoms with Crippen LogP contribution in [0.1, 0.15) is 44.5 Å². The van der Waals surface area contributed by atoms with Crippen LogP contribution in [0.2, 0.25) is 0 Å². The number of rotatable bonds is 7. The van der Waals surface area contributed by atoms with E-state index in [4.69, 9.17) is 4.74 Å². The second kappa shape index (κ2) is 8.15. The van der Waals surface area contributed by atoms with Gasteiger partial charge < -0.3 is 14.6 Å². The molecule has 1 heterocycles. The highest BCUT2D eigenvalue weighted by Crippen LogP contribution is 2.25. The van der Waals surface area contributed by atoms with Crippen molar-refractivity contribution in [3.63, 3.8) is 0 Å². The SMILES string of the molecule is Cc1csc(=O)n1CCC(=O)N[C@@H](C)c1ccccc1OC(C)C. The van der Waals surface area contributed by atoms with Crippen molar-refractivity contribution in [1.82, 2.24) is 9.88 Å². The molecule has 0 fully saturated rings. The molecule has 5 nitrogen and oxygen atoms in total. The molecule has 24 heavy (non-hydrogen) atoms. The van der Waals surface area contributed by atoms with E-state index >= 15 is 0 Å². The molecule has 0 bridgehead atoms. The molecule has 130 valence electrons. The van der Waals surface area contributed by atoms with Gasteiger partial charge in [0.2, 0.25) is 5.91 Å². The Balaban J connectivity index is 1.98. The lowest BCUT2D eigenvalue weighted by atomic mass is 10.1. The molecule has 1 atom stereocenters. The Hall–Kier alpha value is -2.08. The van der Waals surface area contributed by atoms with Gasteiger partial charge >= 0.3 is 4.87 Å². The summed E-state index contributed by atoms with van der Waals surface area (Å²) >= 11 is 1.16. The van der Waals surface area contributed by atoms with Crippen LogP contribution < -0.4 is 14.9 Å². The van der Waals surface area contributed by atoms with E-state index in [2.05, 4.69) is 5.32 Å². The predicted octanol–water partition coefficient (Wildman–Crippen LogP) is 3.27. The number of hydrogen-bond acceptors (Lipinski definition) is 4. The highest BCUT2D eigenvalue weighted by Gasteiger charge is 2.15. The monoisotopic (exact) mass is 348 g/mol. The minimum Gasteiger partial charge on any atom is -0.491 e. The normalized spacial score (nSPS) is 12.2. The number of benzene rings is 1. The summed E-state index contributed by atoms with van der Waals surface area (Å²) in [7, 11) is 0. The van der Waals surface area contributed by atoms with Crippen molar-refractivity contribution in [1.29, 1.82) is 0 Å². The van der Waals surface area contributed by atoms with Gasteiger partial charge in [0.25, 0.3) is 0 Å². The van der Waals surface area contributed by atoms with Gasteiger partial charge in [-0.15, -0.1) is 0 Å². The van der Waals surface area contributed by atoms with Gasteiger partial charge in [0.1, 0.15) is 5.75 Å². The van der Waals surface area contributed by atoms with E-state index in [0.29, 0.717) is 6.54 Å². The molecule has 1 amide bonds. The number of aromatic nitrogens is 1. The van der Waals surface area contributed by atoms with Crippen LogP contribution >= 0.6 is 11.3 Å². The minimum absolute atomic E-state index is 0.0240. The third-order valence-corrected chi connectivity index (χ3v) is 4.55. The molecule has 0 aliphatic carbocycles.